The molecule has 12 heavy (non-hydrogen) atoms. The number of hydrogen-bond acceptors (Lipinski definition) is 2. The van der Waals surface area contributed by atoms with E-state index in [-0.39, 0.29) is 17.0 Å². The maximum Gasteiger partial charge on any atom is 0.130 e. The Morgan fingerprint density at radius 2 is 1.75 bits per heavy atom. The monoisotopic (exact) mass is 254 g/mol. The van der Waals surface area contributed by atoms with Crippen LogP contribution in [0.3, 0.4) is 0 Å². The minimum Gasteiger partial charge on any atom is -1.00 e. The Hall–Kier alpha value is 0.750. The van der Waals surface area contributed by atoms with E-state index in [0.717, 1.165) is 23.4 Å². The van der Waals surface area contributed by atoms with E-state index in [2.05, 4.69) is 12.6 Å². The van der Waals surface area contributed by atoms with Crippen molar-refractivity contribution in [1.29, 1.82) is 0 Å². The predicted molar refractivity (Wildman–Crippen MR) is 51.6 cm³/mol. The van der Waals surface area contributed by atoms with Crippen LogP contribution in [-0.4, -0.2) is 36.5 Å². The van der Waals surface area contributed by atoms with E-state index in [0.29, 0.717) is 0 Å². The Kier molecular flexibility index (Phi) is 6.63. The molecule has 2 N–H and O–H groups in total. The summed E-state index contributed by atoms with van der Waals surface area (Å²) >= 11 is 4.27. The first kappa shape index (κ1) is 12.8. The van der Waals surface area contributed by atoms with Crippen LogP contribution < -0.4 is 22.7 Å². The third-order valence-electron chi connectivity index (χ3n) is 2.73. The lowest BCUT2D eigenvalue weighted by atomic mass is 10.1. The smallest absolute Gasteiger partial charge is 0.130 e. The lowest BCUT2D eigenvalue weighted by molar-refractivity contribution is -0.929. The number of halogens is 1. The summed E-state index contributed by atoms with van der Waals surface area (Å²) in [6.07, 6.45) is 4.10. The Bertz CT molecular complexity index is 110. The van der Waals surface area contributed by atoms with Crippen molar-refractivity contribution in [2.24, 2.45) is 5.73 Å². The van der Waals surface area contributed by atoms with E-state index in [1.54, 1.807) is 0 Å². The zero-order chi connectivity index (χ0) is 8.16. The molecule has 4 heteroatoms. The van der Waals surface area contributed by atoms with Crippen molar-refractivity contribution in [3.63, 3.8) is 0 Å². The van der Waals surface area contributed by atoms with Gasteiger partial charge in [0.05, 0.1) is 19.6 Å². The molecule has 2 nitrogen and oxygen atoms in total. The topological polar surface area (TPSA) is 26.0 Å². The van der Waals surface area contributed by atoms with E-state index >= 15 is 0 Å². The molecule has 0 amide bonds. The number of rotatable bonds is 3. The number of nitrogens with two attached hydrogens (primary N) is 1. The third-order valence-corrected chi connectivity index (χ3v) is 2.93. The predicted octanol–water partition coefficient (Wildman–Crippen LogP) is -2.16. The first-order valence-electron chi connectivity index (χ1n) is 4.49. The number of nitrogens with zero attached hydrogens (tertiary/aromatic N) is 1. The molecule has 74 valence electrons. The standard InChI is InChI=1S/C8H18N2S.BrH/c9-8-10(6-7-11)4-2-1-3-5-10;/h1-9H2;1H. The maximum absolute atomic E-state index is 5.76. The van der Waals surface area contributed by atoms with Gasteiger partial charge in [-0.3, -0.25) is 5.73 Å². The largest absolute Gasteiger partial charge is 1.00 e. The van der Waals surface area contributed by atoms with Crippen LogP contribution in [0.25, 0.3) is 0 Å². The minimum absolute atomic E-state index is 0. The maximum atomic E-state index is 5.76. The van der Waals surface area contributed by atoms with Crippen LogP contribution in [-0.2, 0) is 0 Å². The van der Waals surface area contributed by atoms with Crippen molar-refractivity contribution in [3.8, 4) is 0 Å². The molecule has 1 aliphatic rings. The quantitative estimate of drug-likeness (QED) is 0.436. The van der Waals surface area contributed by atoms with E-state index in [9.17, 15) is 0 Å². The fraction of sp³-hybridized carbons (Fsp3) is 1.00. The second-order valence-electron chi connectivity index (χ2n) is 3.48. The molecule has 0 radical (unpaired) electrons. The van der Waals surface area contributed by atoms with Gasteiger partial charge in [0.2, 0.25) is 0 Å². The van der Waals surface area contributed by atoms with Gasteiger partial charge in [-0.1, -0.05) is 0 Å². The van der Waals surface area contributed by atoms with E-state index < -0.39 is 0 Å². The summed E-state index contributed by atoms with van der Waals surface area (Å²) < 4.78 is 1.11. The first-order chi connectivity index (χ1) is 5.33. The SMILES string of the molecule is NC[N+]1(CCS)CCCCC1.[Br-]. The molecule has 1 rings (SSSR count). The van der Waals surface area contributed by atoms with E-state index in [1.807, 2.05) is 0 Å². The Balaban J connectivity index is 0.00000121. The van der Waals surface area contributed by atoms with Crippen LogP contribution >= 0.6 is 12.6 Å². The van der Waals surface area contributed by atoms with Gasteiger partial charge in [0.15, 0.2) is 0 Å². The zero-order valence-electron chi connectivity index (χ0n) is 7.51. The summed E-state index contributed by atoms with van der Waals surface area (Å²) in [5, 5.41) is 0. The number of thiol groups is 1. The average Bonchev–Trinajstić information content (AvgIpc) is 2.07. The average molecular weight is 255 g/mol. The summed E-state index contributed by atoms with van der Waals surface area (Å²) in [5.41, 5.74) is 5.76. The van der Waals surface area contributed by atoms with Crippen LogP contribution in [0.1, 0.15) is 19.3 Å². The molecule has 1 fully saturated rings. The number of piperidine rings is 1. The van der Waals surface area contributed by atoms with Gasteiger partial charge >= 0.3 is 0 Å². The van der Waals surface area contributed by atoms with Crippen LogP contribution in [0.4, 0.5) is 0 Å². The highest BCUT2D eigenvalue weighted by Crippen LogP contribution is 2.16. The Morgan fingerprint density at radius 1 is 1.17 bits per heavy atom. The highest BCUT2D eigenvalue weighted by atomic mass is 79.9. The molecule has 0 spiro atoms. The van der Waals surface area contributed by atoms with Crippen molar-refractivity contribution in [2.45, 2.75) is 19.3 Å². The molecule has 0 aliphatic carbocycles. The van der Waals surface area contributed by atoms with Gasteiger partial charge in [-0.2, -0.15) is 12.6 Å². The zero-order valence-corrected chi connectivity index (χ0v) is 9.99. The second-order valence-corrected chi connectivity index (χ2v) is 3.93. The summed E-state index contributed by atoms with van der Waals surface area (Å²) in [7, 11) is 0. The van der Waals surface area contributed by atoms with Gasteiger partial charge in [-0.25, -0.2) is 0 Å². The second kappa shape index (κ2) is 6.24. The van der Waals surface area contributed by atoms with Gasteiger partial charge in [0.1, 0.15) is 6.67 Å². The van der Waals surface area contributed by atoms with E-state index in [1.165, 1.54) is 32.4 Å². The molecule has 0 unspecified atom stereocenters. The van der Waals surface area contributed by atoms with Crippen molar-refractivity contribution in [2.75, 3.05) is 32.1 Å². The normalized spacial score (nSPS) is 21.5. The Morgan fingerprint density at radius 3 is 2.17 bits per heavy atom. The van der Waals surface area contributed by atoms with Gasteiger partial charge in [-0.15, -0.1) is 0 Å². The molecular weight excluding hydrogens is 236 g/mol. The first-order valence-corrected chi connectivity index (χ1v) is 5.12. The summed E-state index contributed by atoms with van der Waals surface area (Å²) in [5.74, 6) is 0.969. The fourth-order valence-corrected chi connectivity index (χ4v) is 2.32. The molecule has 1 aliphatic heterocycles. The molecule has 0 bridgehead atoms. The van der Waals surface area contributed by atoms with Crippen molar-refractivity contribution >= 4 is 12.6 Å². The molecule has 0 atom stereocenters. The molecule has 0 aromatic rings. The van der Waals surface area contributed by atoms with Gasteiger partial charge in [-0.05, 0) is 19.3 Å². The van der Waals surface area contributed by atoms with Crippen molar-refractivity contribution in [3.05, 3.63) is 0 Å². The molecule has 1 saturated heterocycles. The number of likely N-dealkylation sites (tertiary alicyclic amines) is 1. The molecule has 1 heterocycles. The van der Waals surface area contributed by atoms with Crippen LogP contribution in [0.5, 0.6) is 0 Å². The Labute approximate surface area is 91.3 Å². The lowest BCUT2D eigenvalue weighted by Crippen LogP contribution is -3.00. The summed E-state index contributed by atoms with van der Waals surface area (Å²) in [4.78, 5) is 0. The summed E-state index contributed by atoms with van der Waals surface area (Å²) in [6, 6.07) is 0. The third kappa shape index (κ3) is 3.24. The number of hydrogen-bond donors (Lipinski definition) is 2. The highest BCUT2D eigenvalue weighted by molar-refractivity contribution is 7.80. The fourth-order valence-electron chi connectivity index (χ4n) is 1.89. The van der Waals surface area contributed by atoms with E-state index in [4.69, 9.17) is 5.73 Å². The van der Waals surface area contributed by atoms with Crippen molar-refractivity contribution < 1.29 is 21.5 Å². The van der Waals surface area contributed by atoms with Crippen molar-refractivity contribution in [1.82, 2.24) is 0 Å². The van der Waals surface area contributed by atoms with Crippen LogP contribution in [0.2, 0.25) is 0 Å². The van der Waals surface area contributed by atoms with Gasteiger partial charge in [0, 0.05) is 5.75 Å². The number of quaternary nitrogens is 1. The molecule has 0 aromatic heterocycles. The molecule has 0 saturated carbocycles. The minimum atomic E-state index is 0. The summed E-state index contributed by atoms with van der Waals surface area (Å²) in [6.45, 7) is 4.51. The van der Waals surface area contributed by atoms with Crippen LogP contribution in [0, 0.1) is 0 Å². The van der Waals surface area contributed by atoms with Gasteiger partial charge in [0.25, 0.3) is 0 Å². The highest BCUT2D eigenvalue weighted by Gasteiger charge is 2.26. The molecule has 0 aromatic carbocycles. The lowest BCUT2D eigenvalue weighted by Gasteiger charge is -2.40. The van der Waals surface area contributed by atoms with Crippen LogP contribution in [0.15, 0.2) is 0 Å². The molecular formula is C8H19BrN2S. The van der Waals surface area contributed by atoms with Gasteiger partial charge < -0.3 is 21.5 Å².